The molecule has 128 valence electrons. The van der Waals surface area contributed by atoms with E-state index in [0.29, 0.717) is 15.5 Å². The Morgan fingerprint density at radius 3 is 2.04 bits per heavy atom. The van der Waals surface area contributed by atoms with E-state index in [1.54, 1.807) is 0 Å². The molecule has 10 heteroatoms. The molecule has 0 radical (unpaired) electrons. The Bertz CT molecular complexity index is 831. The molecule has 1 aromatic rings. The molecule has 1 fully saturated rings. The van der Waals surface area contributed by atoms with Gasteiger partial charge < -0.3 is 0 Å². The summed E-state index contributed by atoms with van der Waals surface area (Å²) in [5, 5.41) is 0. The number of ketones is 1. The average molecular weight is 353 g/mol. The molecule has 4 amide bonds. The van der Waals surface area contributed by atoms with Crippen LogP contribution in [0.15, 0.2) is 24.3 Å². The molecule has 0 aromatic heterocycles. The Morgan fingerprint density at radius 2 is 1.62 bits per heavy atom. The first-order chi connectivity index (χ1) is 11.0. The molecular weight excluding hydrogens is 338 g/mol. The van der Waals surface area contributed by atoms with Crippen molar-refractivity contribution < 1.29 is 27.6 Å². The summed E-state index contributed by atoms with van der Waals surface area (Å²) in [5.41, 5.74) is 0.542. The summed E-state index contributed by atoms with van der Waals surface area (Å²) in [7, 11) is -0.901. The van der Waals surface area contributed by atoms with Crippen molar-refractivity contribution in [2.75, 3.05) is 31.2 Å². The van der Waals surface area contributed by atoms with Gasteiger partial charge in [-0.05, 0) is 24.3 Å². The lowest BCUT2D eigenvalue weighted by Gasteiger charge is -2.17. The minimum Gasteiger partial charge on any atom is -0.292 e. The van der Waals surface area contributed by atoms with Crippen molar-refractivity contribution >= 4 is 39.3 Å². The predicted molar refractivity (Wildman–Crippen MR) is 83.9 cm³/mol. The quantitative estimate of drug-likeness (QED) is 0.408. The topological polar surface area (TPSA) is 112 Å². The van der Waals surface area contributed by atoms with E-state index in [2.05, 4.69) is 0 Å². The second-order valence-electron chi connectivity index (χ2n) is 5.24. The number of benzene rings is 1. The molecule has 1 saturated heterocycles. The fraction of sp³-hybridized carbons (Fsp3) is 0.286. The van der Waals surface area contributed by atoms with E-state index in [1.165, 1.54) is 31.3 Å². The number of Topliss-reactive ketones (excluding diaryl/α,β-unsaturated/α-hetero) is 1. The van der Waals surface area contributed by atoms with Gasteiger partial charge in [-0.1, -0.05) is 0 Å². The van der Waals surface area contributed by atoms with Gasteiger partial charge in [0.2, 0.25) is 10.0 Å². The molecule has 1 aliphatic heterocycles. The normalized spacial score (nSPS) is 15.2. The van der Waals surface area contributed by atoms with Crippen molar-refractivity contribution in [1.29, 1.82) is 0 Å². The number of rotatable bonds is 5. The molecule has 24 heavy (non-hydrogen) atoms. The average Bonchev–Trinajstić information content (AvgIpc) is 2.71. The molecule has 1 aliphatic rings. The van der Waals surface area contributed by atoms with Gasteiger partial charge in [0.1, 0.15) is 0 Å². The third-order valence-electron chi connectivity index (χ3n) is 3.60. The van der Waals surface area contributed by atoms with Crippen LogP contribution in [-0.4, -0.2) is 68.7 Å². The number of sulfonamides is 1. The van der Waals surface area contributed by atoms with Crippen LogP contribution in [0, 0.1) is 0 Å². The summed E-state index contributed by atoms with van der Waals surface area (Å²) in [6.45, 7) is -0.561. The van der Waals surface area contributed by atoms with Crippen LogP contribution < -0.4 is 4.31 Å². The van der Waals surface area contributed by atoms with Gasteiger partial charge in [-0.3, -0.25) is 23.6 Å². The first-order valence-electron chi connectivity index (χ1n) is 6.74. The maximum atomic E-state index is 12.2. The molecule has 0 aliphatic carbocycles. The third kappa shape index (κ3) is 3.13. The summed E-state index contributed by atoms with van der Waals surface area (Å²) < 4.78 is 24.0. The van der Waals surface area contributed by atoms with E-state index in [0.717, 1.165) is 17.6 Å². The van der Waals surface area contributed by atoms with Crippen molar-refractivity contribution in [2.24, 2.45) is 0 Å². The van der Waals surface area contributed by atoms with Gasteiger partial charge in [-0.15, -0.1) is 0 Å². The second kappa shape index (κ2) is 6.04. The van der Waals surface area contributed by atoms with Gasteiger partial charge in [0.05, 0.1) is 18.5 Å². The highest BCUT2D eigenvalue weighted by atomic mass is 32.2. The number of carbonyl (C=O) groups excluding carboxylic acids is 4. The van der Waals surface area contributed by atoms with E-state index in [1.807, 2.05) is 0 Å². The smallest absolute Gasteiger partial charge is 0.292 e. The monoisotopic (exact) mass is 353 g/mol. The highest BCUT2D eigenvalue weighted by Gasteiger charge is 2.42. The van der Waals surface area contributed by atoms with Crippen molar-refractivity contribution in [2.45, 2.75) is 0 Å². The van der Waals surface area contributed by atoms with Crippen LogP contribution in [-0.2, 0) is 19.6 Å². The SMILES string of the molecule is CN1C(=O)C(=O)N(CC(=O)c2ccc(N(C)S(C)(=O)=O)cc2)C1=O. The van der Waals surface area contributed by atoms with Crippen LogP contribution in [0.3, 0.4) is 0 Å². The number of hydrogen-bond donors (Lipinski definition) is 0. The molecule has 0 N–H and O–H groups in total. The highest BCUT2D eigenvalue weighted by Crippen LogP contribution is 2.17. The van der Waals surface area contributed by atoms with Crippen LogP contribution in [0.5, 0.6) is 0 Å². The van der Waals surface area contributed by atoms with E-state index < -0.39 is 40.2 Å². The van der Waals surface area contributed by atoms with Gasteiger partial charge in [-0.2, -0.15) is 0 Å². The number of urea groups is 1. The van der Waals surface area contributed by atoms with Crippen molar-refractivity contribution in [3.63, 3.8) is 0 Å². The first kappa shape index (κ1) is 17.6. The van der Waals surface area contributed by atoms with E-state index >= 15 is 0 Å². The number of hydrogen-bond acceptors (Lipinski definition) is 6. The lowest BCUT2D eigenvalue weighted by molar-refractivity contribution is -0.142. The summed E-state index contributed by atoms with van der Waals surface area (Å²) in [6, 6.07) is 4.77. The first-order valence-corrected chi connectivity index (χ1v) is 8.59. The summed E-state index contributed by atoms with van der Waals surface area (Å²) >= 11 is 0. The molecule has 1 aromatic carbocycles. The van der Waals surface area contributed by atoms with Gasteiger partial charge in [0.15, 0.2) is 5.78 Å². The highest BCUT2D eigenvalue weighted by molar-refractivity contribution is 7.92. The van der Waals surface area contributed by atoms with Crippen LogP contribution in [0.4, 0.5) is 10.5 Å². The summed E-state index contributed by atoms with van der Waals surface area (Å²) in [5.74, 6) is -2.59. The second-order valence-corrected chi connectivity index (χ2v) is 7.25. The van der Waals surface area contributed by atoms with Gasteiger partial charge in [0, 0.05) is 19.7 Å². The van der Waals surface area contributed by atoms with Gasteiger partial charge in [-0.25, -0.2) is 18.1 Å². The standard InChI is InChI=1S/C14H15N3O6S/c1-15-12(19)13(20)17(14(15)21)8-11(18)9-4-6-10(7-5-9)16(2)24(3,22)23/h4-7H,8H2,1-3H3. The Hall–Kier alpha value is -2.75. The fourth-order valence-corrected chi connectivity index (χ4v) is 2.54. The van der Waals surface area contributed by atoms with Crippen molar-refractivity contribution in [3.05, 3.63) is 29.8 Å². The number of carbonyl (C=O) groups is 4. The Labute approximate surface area is 138 Å². The van der Waals surface area contributed by atoms with E-state index in [-0.39, 0.29) is 5.56 Å². The predicted octanol–water partition coefficient (Wildman–Crippen LogP) is -0.314. The van der Waals surface area contributed by atoms with Gasteiger partial charge >= 0.3 is 17.8 Å². The Balaban J connectivity index is 2.16. The molecular formula is C14H15N3O6S. The van der Waals surface area contributed by atoms with Crippen LogP contribution in [0.25, 0.3) is 0 Å². The lowest BCUT2D eigenvalue weighted by Crippen LogP contribution is -2.36. The molecule has 2 rings (SSSR count). The zero-order valence-electron chi connectivity index (χ0n) is 13.2. The van der Waals surface area contributed by atoms with Crippen LogP contribution >= 0.6 is 0 Å². The fourth-order valence-electron chi connectivity index (χ4n) is 2.04. The number of likely N-dealkylation sites (N-methyl/N-ethyl adjacent to an activating group) is 1. The number of anilines is 1. The number of amides is 4. The molecule has 0 unspecified atom stereocenters. The minimum atomic E-state index is -3.43. The lowest BCUT2D eigenvalue weighted by atomic mass is 10.1. The molecule has 0 atom stereocenters. The summed E-state index contributed by atoms with van der Waals surface area (Å²) in [4.78, 5) is 48.1. The van der Waals surface area contributed by atoms with E-state index in [4.69, 9.17) is 0 Å². The van der Waals surface area contributed by atoms with Crippen molar-refractivity contribution in [3.8, 4) is 0 Å². The number of imide groups is 2. The van der Waals surface area contributed by atoms with Crippen molar-refractivity contribution in [1.82, 2.24) is 9.80 Å². The zero-order chi connectivity index (χ0) is 18.2. The molecule has 1 heterocycles. The Kier molecular flexibility index (Phi) is 4.43. The maximum absolute atomic E-state index is 12.2. The minimum absolute atomic E-state index is 0.184. The molecule has 0 saturated carbocycles. The maximum Gasteiger partial charge on any atom is 0.334 e. The van der Waals surface area contributed by atoms with Crippen LogP contribution in [0.2, 0.25) is 0 Å². The Morgan fingerprint density at radius 1 is 1.08 bits per heavy atom. The zero-order valence-corrected chi connectivity index (χ0v) is 14.0. The van der Waals surface area contributed by atoms with Gasteiger partial charge in [0.25, 0.3) is 0 Å². The van der Waals surface area contributed by atoms with Crippen LogP contribution in [0.1, 0.15) is 10.4 Å². The molecule has 9 nitrogen and oxygen atoms in total. The van der Waals surface area contributed by atoms with E-state index in [9.17, 15) is 27.6 Å². The molecule has 0 bridgehead atoms. The number of nitrogens with zero attached hydrogens (tertiary/aromatic N) is 3. The third-order valence-corrected chi connectivity index (χ3v) is 4.81. The largest absolute Gasteiger partial charge is 0.334 e. The summed E-state index contributed by atoms with van der Waals surface area (Å²) in [6.07, 6.45) is 1.05. The molecule has 0 spiro atoms.